The van der Waals surface area contributed by atoms with Crippen LogP contribution in [0.5, 0.6) is 0 Å². The molecule has 29 heavy (non-hydrogen) atoms. The standard InChI is InChI=1S/C20H22FN3O4S/c21-18-11-5-4-7-15(18)13-22-19(25)20(26)23-14-16-8-6-12-24(16)29(27,28)17-9-2-1-3-10-17/h1-5,7,9-11,16H,6,8,12-14H2,(H,22,25)(H,23,26)/t16-/m1/s1. The van der Waals surface area contributed by atoms with Crippen LogP contribution in [-0.4, -0.2) is 43.7 Å². The number of nitrogens with one attached hydrogen (secondary N) is 2. The van der Waals surface area contributed by atoms with Crippen molar-refractivity contribution in [3.8, 4) is 0 Å². The van der Waals surface area contributed by atoms with E-state index in [-0.39, 0.29) is 23.5 Å². The van der Waals surface area contributed by atoms with Crippen molar-refractivity contribution in [3.05, 3.63) is 66.0 Å². The number of benzene rings is 2. The van der Waals surface area contributed by atoms with Gasteiger partial charge in [0.25, 0.3) is 0 Å². The molecule has 3 rings (SSSR count). The molecule has 0 spiro atoms. The van der Waals surface area contributed by atoms with Crippen molar-refractivity contribution in [2.75, 3.05) is 13.1 Å². The number of nitrogens with zero attached hydrogens (tertiary/aromatic N) is 1. The van der Waals surface area contributed by atoms with E-state index in [0.717, 1.165) is 0 Å². The average Bonchev–Trinajstić information content (AvgIpc) is 3.21. The van der Waals surface area contributed by atoms with Crippen LogP contribution >= 0.6 is 0 Å². The maximum Gasteiger partial charge on any atom is 0.309 e. The minimum Gasteiger partial charge on any atom is -0.346 e. The van der Waals surface area contributed by atoms with Gasteiger partial charge in [-0.3, -0.25) is 9.59 Å². The second kappa shape index (κ2) is 9.15. The molecule has 9 heteroatoms. The van der Waals surface area contributed by atoms with E-state index in [0.29, 0.717) is 19.4 Å². The largest absolute Gasteiger partial charge is 0.346 e. The molecule has 7 nitrogen and oxygen atoms in total. The molecule has 0 unspecified atom stereocenters. The summed E-state index contributed by atoms with van der Waals surface area (Å²) in [6.45, 7) is 0.270. The molecule has 2 aromatic carbocycles. The molecule has 0 bridgehead atoms. The fraction of sp³-hybridized carbons (Fsp3) is 0.300. The lowest BCUT2D eigenvalue weighted by molar-refractivity contribution is -0.139. The summed E-state index contributed by atoms with van der Waals surface area (Å²) in [4.78, 5) is 24.2. The van der Waals surface area contributed by atoms with Crippen LogP contribution in [0.4, 0.5) is 4.39 Å². The number of halogens is 1. The monoisotopic (exact) mass is 419 g/mol. The first-order valence-electron chi connectivity index (χ1n) is 9.26. The number of hydrogen-bond donors (Lipinski definition) is 2. The summed E-state index contributed by atoms with van der Waals surface area (Å²) >= 11 is 0. The van der Waals surface area contributed by atoms with Gasteiger partial charge in [-0.15, -0.1) is 0 Å². The molecule has 0 radical (unpaired) electrons. The van der Waals surface area contributed by atoms with Crippen LogP contribution in [0.1, 0.15) is 18.4 Å². The Labute approximate surface area is 169 Å². The summed E-state index contributed by atoms with van der Waals surface area (Å²) < 4.78 is 40.6. The third-order valence-electron chi connectivity index (χ3n) is 4.77. The van der Waals surface area contributed by atoms with Gasteiger partial charge in [-0.1, -0.05) is 36.4 Å². The molecule has 1 aliphatic heterocycles. The van der Waals surface area contributed by atoms with Crippen molar-refractivity contribution in [1.82, 2.24) is 14.9 Å². The first kappa shape index (κ1) is 20.9. The molecular weight excluding hydrogens is 397 g/mol. The zero-order valence-electron chi connectivity index (χ0n) is 15.7. The van der Waals surface area contributed by atoms with Gasteiger partial charge in [-0.2, -0.15) is 4.31 Å². The molecule has 1 heterocycles. The molecule has 0 saturated carbocycles. The van der Waals surface area contributed by atoms with E-state index in [1.807, 2.05) is 0 Å². The van der Waals surface area contributed by atoms with E-state index in [4.69, 9.17) is 0 Å². The van der Waals surface area contributed by atoms with Crippen LogP contribution in [0.25, 0.3) is 0 Å². The van der Waals surface area contributed by atoms with Gasteiger partial charge in [-0.05, 0) is 31.0 Å². The summed E-state index contributed by atoms with van der Waals surface area (Å²) in [5, 5.41) is 4.84. The van der Waals surface area contributed by atoms with Gasteiger partial charge < -0.3 is 10.6 Å². The minimum atomic E-state index is -3.67. The highest BCUT2D eigenvalue weighted by atomic mass is 32.2. The van der Waals surface area contributed by atoms with Crippen LogP contribution in [0.15, 0.2) is 59.5 Å². The number of carbonyl (C=O) groups is 2. The van der Waals surface area contributed by atoms with Gasteiger partial charge in [0.05, 0.1) is 4.90 Å². The Kier molecular flexibility index (Phi) is 6.60. The molecular formula is C20H22FN3O4S. The van der Waals surface area contributed by atoms with Crippen LogP contribution < -0.4 is 10.6 Å². The highest BCUT2D eigenvalue weighted by Gasteiger charge is 2.35. The highest BCUT2D eigenvalue weighted by Crippen LogP contribution is 2.25. The van der Waals surface area contributed by atoms with E-state index < -0.39 is 33.7 Å². The predicted octanol–water partition coefficient (Wildman–Crippen LogP) is 1.41. The first-order chi connectivity index (χ1) is 13.9. The third-order valence-corrected chi connectivity index (χ3v) is 6.74. The number of amides is 2. The minimum absolute atomic E-state index is 0.0258. The predicted molar refractivity (Wildman–Crippen MR) is 105 cm³/mol. The van der Waals surface area contributed by atoms with Crippen LogP contribution in [0.3, 0.4) is 0 Å². The van der Waals surface area contributed by atoms with E-state index in [2.05, 4.69) is 10.6 Å². The smallest absolute Gasteiger partial charge is 0.309 e. The topological polar surface area (TPSA) is 95.6 Å². The molecule has 2 N–H and O–H groups in total. The molecule has 1 saturated heterocycles. The number of sulfonamides is 1. The summed E-state index contributed by atoms with van der Waals surface area (Å²) in [7, 11) is -3.67. The second-order valence-corrected chi connectivity index (χ2v) is 8.60. The van der Waals surface area contributed by atoms with Gasteiger partial charge >= 0.3 is 11.8 Å². The van der Waals surface area contributed by atoms with Crippen molar-refractivity contribution in [2.24, 2.45) is 0 Å². The molecule has 2 amide bonds. The number of hydrogen-bond acceptors (Lipinski definition) is 4. The van der Waals surface area contributed by atoms with Crippen molar-refractivity contribution < 1.29 is 22.4 Å². The van der Waals surface area contributed by atoms with Crippen molar-refractivity contribution in [2.45, 2.75) is 30.3 Å². The molecule has 0 aliphatic carbocycles. The zero-order chi connectivity index (χ0) is 20.9. The van der Waals surface area contributed by atoms with Crippen molar-refractivity contribution >= 4 is 21.8 Å². The molecule has 1 aliphatic rings. The van der Waals surface area contributed by atoms with Crippen molar-refractivity contribution in [1.29, 1.82) is 0 Å². The average molecular weight is 419 g/mol. The highest BCUT2D eigenvalue weighted by molar-refractivity contribution is 7.89. The van der Waals surface area contributed by atoms with Gasteiger partial charge in [0.15, 0.2) is 0 Å². The lowest BCUT2D eigenvalue weighted by atomic mass is 10.2. The maximum atomic E-state index is 13.6. The van der Waals surface area contributed by atoms with Crippen LogP contribution in [0.2, 0.25) is 0 Å². The Hall–Kier alpha value is -2.78. The summed E-state index contributed by atoms with van der Waals surface area (Å²) in [5.41, 5.74) is 0.268. The zero-order valence-corrected chi connectivity index (χ0v) is 16.5. The Bertz CT molecular complexity index is 982. The summed E-state index contributed by atoms with van der Waals surface area (Å²) in [5.74, 6) is -2.25. The Morgan fingerprint density at radius 2 is 1.66 bits per heavy atom. The van der Waals surface area contributed by atoms with E-state index in [9.17, 15) is 22.4 Å². The summed E-state index contributed by atoms with van der Waals surface area (Å²) in [6.07, 6.45) is 1.26. The second-order valence-electron chi connectivity index (χ2n) is 6.71. The maximum absolute atomic E-state index is 13.6. The first-order valence-corrected chi connectivity index (χ1v) is 10.7. The quantitative estimate of drug-likeness (QED) is 0.692. The van der Waals surface area contributed by atoms with Gasteiger partial charge in [-0.25, -0.2) is 12.8 Å². The number of rotatable bonds is 6. The molecule has 0 aromatic heterocycles. The molecule has 1 atom stereocenters. The Morgan fingerprint density at radius 3 is 2.38 bits per heavy atom. The number of carbonyl (C=O) groups excluding carboxylic acids is 2. The van der Waals surface area contributed by atoms with Crippen LogP contribution in [0, 0.1) is 5.82 Å². The Balaban J connectivity index is 1.55. The van der Waals surface area contributed by atoms with Crippen molar-refractivity contribution in [3.63, 3.8) is 0 Å². The fourth-order valence-electron chi connectivity index (χ4n) is 3.25. The normalized spacial score (nSPS) is 17.1. The molecule has 1 fully saturated rings. The van der Waals surface area contributed by atoms with Gasteiger partial charge in [0.2, 0.25) is 10.0 Å². The van der Waals surface area contributed by atoms with Gasteiger partial charge in [0.1, 0.15) is 5.82 Å². The van der Waals surface area contributed by atoms with E-state index >= 15 is 0 Å². The Morgan fingerprint density at radius 1 is 1.00 bits per heavy atom. The molecule has 154 valence electrons. The lowest BCUT2D eigenvalue weighted by Gasteiger charge is -2.24. The third kappa shape index (κ3) is 4.99. The SMILES string of the molecule is O=C(NCc1ccccc1F)C(=O)NC[C@H]1CCCN1S(=O)(=O)c1ccccc1. The van der Waals surface area contributed by atoms with E-state index in [1.165, 1.54) is 34.6 Å². The van der Waals surface area contributed by atoms with E-state index in [1.54, 1.807) is 24.3 Å². The van der Waals surface area contributed by atoms with Crippen LogP contribution in [-0.2, 0) is 26.2 Å². The summed E-state index contributed by atoms with van der Waals surface area (Å²) in [6, 6.07) is 13.6. The fourth-order valence-corrected chi connectivity index (χ4v) is 4.96. The van der Waals surface area contributed by atoms with Gasteiger partial charge in [0, 0.05) is 31.2 Å². The lowest BCUT2D eigenvalue weighted by Crippen LogP contribution is -2.46. The molecule has 2 aromatic rings.